The normalized spacial score (nSPS) is 27.4. The maximum atomic E-state index is 14.6. The molecule has 7 rings (SSSR count). The van der Waals surface area contributed by atoms with E-state index in [0.29, 0.717) is 61.2 Å². The van der Waals surface area contributed by atoms with Crippen molar-refractivity contribution >= 4 is 39.0 Å². The van der Waals surface area contributed by atoms with Crippen LogP contribution in [0.3, 0.4) is 0 Å². The number of aromatic nitrogens is 2. The second-order valence-electron chi connectivity index (χ2n) is 14.2. The molecule has 51 heavy (non-hydrogen) atoms. The number of amides is 2. The lowest BCUT2D eigenvalue weighted by molar-refractivity contribution is 0.0133. The molecule has 3 aromatic rings. The monoisotopic (exact) mass is 735 g/mol. The fourth-order valence-corrected chi connectivity index (χ4v) is 9.62. The third kappa shape index (κ3) is 8.13. The van der Waals surface area contributed by atoms with E-state index in [-0.39, 0.29) is 29.0 Å². The van der Waals surface area contributed by atoms with Gasteiger partial charge in [0.05, 0.1) is 30.8 Å². The van der Waals surface area contributed by atoms with Crippen LogP contribution < -0.4 is 19.1 Å². The molecule has 0 saturated heterocycles. The van der Waals surface area contributed by atoms with Gasteiger partial charge >= 0.3 is 0 Å². The van der Waals surface area contributed by atoms with Crippen LogP contribution in [0.15, 0.2) is 59.0 Å². The standard InChI is InChI=1S/C38H46ClN5O6S/c1-25-7-5-9-34(48-2)31-14-11-29(31)23-43-22-28-10-13-30(39)19-26(28)8-3-4-17-49-35-15-12-27(20-33(35)43)37(45)41-51(47,24-25)42-38(46)32-21-36-44(40-32)16-6-18-50-36/h5,9-10,12-13,15,19-21,25,29,31,34H,3-4,6-8,11,14,16-18,22-24H2,1-2H3,(H,41,42,45,46,47)/b9-5+/t25-,29-,31+,34-,51?/m0/s1. The zero-order chi connectivity index (χ0) is 35.5. The predicted molar refractivity (Wildman–Crippen MR) is 197 cm³/mol. The molecule has 11 nitrogen and oxygen atoms in total. The number of anilines is 1. The molecular weight excluding hydrogens is 690 g/mol. The lowest BCUT2D eigenvalue weighted by Gasteiger charge is -2.43. The number of allylic oxidation sites excluding steroid dienone is 1. The predicted octanol–water partition coefficient (Wildman–Crippen LogP) is 6.63. The van der Waals surface area contributed by atoms with Crippen LogP contribution in [0.2, 0.25) is 5.02 Å². The molecule has 2 bridgehead atoms. The van der Waals surface area contributed by atoms with E-state index in [0.717, 1.165) is 50.8 Å². The fourth-order valence-electron chi connectivity index (χ4n) is 7.55. The molecule has 1 N–H and O–H groups in total. The van der Waals surface area contributed by atoms with Gasteiger partial charge in [0.25, 0.3) is 11.8 Å². The summed E-state index contributed by atoms with van der Waals surface area (Å²) in [6.45, 7) is 4.94. The number of benzene rings is 2. The Bertz CT molecular complexity index is 1910. The number of methoxy groups -OCH3 is 1. The molecule has 272 valence electrons. The molecule has 4 heterocycles. The number of ether oxygens (including phenoxy) is 3. The molecule has 0 spiro atoms. The summed E-state index contributed by atoms with van der Waals surface area (Å²) in [6, 6.07) is 12.9. The van der Waals surface area contributed by atoms with Crippen LogP contribution in [0.1, 0.15) is 77.4 Å². The molecule has 13 heteroatoms. The van der Waals surface area contributed by atoms with Crippen molar-refractivity contribution in [3.63, 3.8) is 0 Å². The molecule has 2 amide bonds. The van der Waals surface area contributed by atoms with Gasteiger partial charge in [-0.15, -0.1) is 4.36 Å². The van der Waals surface area contributed by atoms with Crippen LogP contribution >= 0.6 is 11.6 Å². The first-order chi connectivity index (χ1) is 24.7. The Kier molecular flexibility index (Phi) is 10.7. The number of hydrogen-bond acceptors (Lipinski definition) is 8. The Hall–Kier alpha value is -3.87. The average molecular weight is 736 g/mol. The van der Waals surface area contributed by atoms with Gasteiger partial charge in [-0.3, -0.25) is 14.3 Å². The van der Waals surface area contributed by atoms with E-state index < -0.39 is 21.7 Å². The Morgan fingerprint density at radius 3 is 2.73 bits per heavy atom. The number of fused-ring (bicyclic) bond motifs is 4. The van der Waals surface area contributed by atoms with Gasteiger partial charge in [0.1, 0.15) is 15.7 Å². The summed E-state index contributed by atoms with van der Waals surface area (Å²) in [5.41, 5.74) is 3.48. The molecule has 1 unspecified atom stereocenters. The molecule has 0 radical (unpaired) electrons. The van der Waals surface area contributed by atoms with E-state index in [1.54, 1.807) is 23.9 Å². The summed E-state index contributed by atoms with van der Waals surface area (Å²) >= 11 is 6.47. The highest BCUT2D eigenvalue weighted by Gasteiger charge is 2.38. The van der Waals surface area contributed by atoms with Crippen molar-refractivity contribution < 1.29 is 28.0 Å². The van der Waals surface area contributed by atoms with E-state index in [1.165, 1.54) is 17.2 Å². The van der Waals surface area contributed by atoms with E-state index in [1.807, 2.05) is 19.1 Å². The summed E-state index contributed by atoms with van der Waals surface area (Å²) in [7, 11) is -1.83. The Labute approximate surface area is 305 Å². The molecule has 4 aliphatic rings. The second kappa shape index (κ2) is 15.4. The molecule has 5 atom stereocenters. The van der Waals surface area contributed by atoms with Crippen LogP contribution in [0, 0.1) is 17.8 Å². The van der Waals surface area contributed by atoms with E-state index in [4.69, 9.17) is 25.8 Å². The third-order valence-electron chi connectivity index (χ3n) is 10.4. The zero-order valence-electron chi connectivity index (χ0n) is 29.2. The van der Waals surface area contributed by atoms with Gasteiger partial charge in [-0.1, -0.05) is 36.7 Å². The maximum Gasteiger partial charge on any atom is 0.286 e. The first-order valence-electron chi connectivity index (χ1n) is 18.0. The van der Waals surface area contributed by atoms with E-state index >= 15 is 0 Å². The van der Waals surface area contributed by atoms with Gasteiger partial charge in [0.15, 0.2) is 5.69 Å². The molecule has 1 aliphatic carbocycles. The number of nitrogens with zero attached hydrogens (tertiary/aromatic N) is 4. The largest absolute Gasteiger partial charge is 0.491 e. The summed E-state index contributed by atoms with van der Waals surface area (Å²) in [5, 5.41) is 5.07. The van der Waals surface area contributed by atoms with E-state index in [2.05, 4.69) is 43.4 Å². The van der Waals surface area contributed by atoms with Gasteiger partial charge in [0.2, 0.25) is 5.88 Å². The number of nitrogens with one attached hydrogen (secondary N) is 1. The molecule has 2 aromatic carbocycles. The van der Waals surface area contributed by atoms with Crippen molar-refractivity contribution in [3.8, 4) is 11.6 Å². The minimum atomic E-state index is -3.58. The Morgan fingerprint density at radius 2 is 1.92 bits per heavy atom. The quantitative estimate of drug-likeness (QED) is 0.298. The van der Waals surface area contributed by atoms with Crippen LogP contribution in [0.4, 0.5) is 5.69 Å². The molecule has 1 saturated carbocycles. The lowest BCUT2D eigenvalue weighted by atomic mass is 9.70. The van der Waals surface area contributed by atoms with Crippen molar-refractivity contribution in [3.05, 3.63) is 82.0 Å². The van der Waals surface area contributed by atoms with Crippen LogP contribution in [0.5, 0.6) is 11.6 Å². The number of hydrogen-bond donors (Lipinski definition) is 1. The van der Waals surface area contributed by atoms with Gasteiger partial charge in [0, 0.05) is 49.8 Å². The third-order valence-corrected chi connectivity index (χ3v) is 12.6. The minimum absolute atomic E-state index is 0.0257. The number of carbonyl (C=O) groups excluding carboxylic acids is 2. The van der Waals surface area contributed by atoms with Gasteiger partial charge < -0.3 is 19.1 Å². The van der Waals surface area contributed by atoms with Crippen LogP contribution in [-0.2, 0) is 34.2 Å². The minimum Gasteiger partial charge on any atom is -0.491 e. The van der Waals surface area contributed by atoms with E-state index in [9.17, 15) is 13.8 Å². The molecule has 1 aromatic heterocycles. The van der Waals surface area contributed by atoms with Crippen LogP contribution in [0.25, 0.3) is 0 Å². The van der Waals surface area contributed by atoms with Crippen LogP contribution in [-0.4, -0.2) is 64.5 Å². The second-order valence-corrected chi connectivity index (χ2v) is 16.6. The lowest BCUT2D eigenvalue weighted by Crippen LogP contribution is -2.43. The number of halogens is 1. The Morgan fingerprint density at radius 1 is 1.06 bits per heavy atom. The summed E-state index contributed by atoms with van der Waals surface area (Å²) in [6.07, 6.45) is 10.3. The van der Waals surface area contributed by atoms with Gasteiger partial charge in [-0.05, 0) is 97.7 Å². The SMILES string of the molecule is CO[C@H]1/C=C/C[C@H](C)CS(=O)(NC(=O)c2cc3n(n2)CCCO3)=NC(=O)c2ccc3c(c2)N(Cc2ccc(Cl)cc2CCCCO3)C[C@@H]2CC[C@H]21. The molecule has 3 aliphatic heterocycles. The highest BCUT2D eigenvalue weighted by atomic mass is 35.5. The molecular formula is C38H46ClN5O6S. The highest BCUT2D eigenvalue weighted by Crippen LogP contribution is 2.42. The summed E-state index contributed by atoms with van der Waals surface area (Å²) in [5.74, 6) is 0.289. The topological polar surface area (TPSA) is 124 Å². The van der Waals surface area contributed by atoms with Crippen molar-refractivity contribution in [1.29, 1.82) is 0 Å². The van der Waals surface area contributed by atoms with Crippen molar-refractivity contribution in [2.24, 2.45) is 22.1 Å². The first-order valence-corrected chi connectivity index (χ1v) is 20.0. The number of carbonyl (C=O) groups is 2. The summed E-state index contributed by atoms with van der Waals surface area (Å²) in [4.78, 5) is 29.8. The number of aryl methyl sites for hydroxylation is 2. The fraction of sp³-hybridized carbons (Fsp3) is 0.500. The smallest absolute Gasteiger partial charge is 0.286 e. The zero-order valence-corrected chi connectivity index (χ0v) is 30.8. The maximum absolute atomic E-state index is 14.6. The highest BCUT2D eigenvalue weighted by molar-refractivity contribution is 7.92. The summed E-state index contributed by atoms with van der Waals surface area (Å²) < 4.78 is 41.1. The van der Waals surface area contributed by atoms with Crippen molar-refractivity contribution in [2.75, 3.05) is 37.5 Å². The first kappa shape index (κ1) is 35.5. The van der Waals surface area contributed by atoms with Gasteiger partial charge in [-0.2, -0.15) is 5.10 Å². The van der Waals surface area contributed by atoms with Crippen molar-refractivity contribution in [1.82, 2.24) is 14.5 Å². The molecule has 1 fully saturated rings. The average Bonchev–Trinajstić information content (AvgIpc) is 3.53. The Balaban J connectivity index is 1.30. The van der Waals surface area contributed by atoms with Gasteiger partial charge in [-0.25, -0.2) is 8.89 Å². The van der Waals surface area contributed by atoms with Crippen molar-refractivity contribution in [2.45, 2.75) is 71.1 Å². The number of rotatable bonds is 3.